The molecule has 1 aromatic carbocycles. The molecular weight excluding hydrogens is 318 g/mol. The lowest BCUT2D eigenvalue weighted by Crippen LogP contribution is -2.43. The van der Waals surface area contributed by atoms with E-state index in [0.29, 0.717) is 6.42 Å². The van der Waals surface area contributed by atoms with Crippen molar-refractivity contribution < 1.29 is 9.90 Å². The minimum atomic E-state index is -0.910. The van der Waals surface area contributed by atoms with E-state index < -0.39 is 11.5 Å². The van der Waals surface area contributed by atoms with Crippen molar-refractivity contribution in [1.29, 1.82) is 0 Å². The summed E-state index contributed by atoms with van der Waals surface area (Å²) < 4.78 is 0.943. The highest BCUT2D eigenvalue weighted by Crippen LogP contribution is 2.24. The molecule has 0 radical (unpaired) electrons. The quantitative estimate of drug-likeness (QED) is 0.616. The first-order valence-corrected chi connectivity index (χ1v) is 8.04. The van der Waals surface area contributed by atoms with Gasteiger partial charge in [0.2, 0.25) is 0 Å². The number of benzene rings is 1. The van der Waals surface area contributed by atoms with E-state index in [2.05, 4.69) is 28.2 Å². The van der Waals surface area contributed by atoms with Crippen molar-refractivity contribution in [3.05, 3.63) is 28.7 Å². The average Bonchev–Trinajstić information content (AvgIpc) is 2.38. The number of anilines is 1. The van der Waals surface area contributed by atoms with Crippen LogP contribution >= 0.6 is 15.9 Å². The molecule has 0 aliphatic carbocycles. The van der Waals surface area contributed by atoms with Crippen molar-refractivity contribution in [2.75, 3.05) is 5.32 Å². The van der Waals surface area contributed by atoms with E-state index in [0.717, 1.165) is 23.0 Å². The van der Waals surface area contributed by atoms with Gasteiger partial charge in [0.05, 0.1) is 0 Å². The molecule has 0 saturated carbocycles. The van der Waals surface area contributed by atoms with Gasteiger partial charge in [-0.1, -0.05) is 61.0 Å². The van der Waals surface area contributed by atoms with Crippen molar-refractivity contribution in [2.24, 2.45) is 0 Å². The number of carboxylic acids is 1. The Kier molecular flexibility index (Phi) is 7.06. The monoisotopic (exact) mass is 341 g/mol. The molecule has 0 aliphatic heterocycles. The molecule has 3 nitrogen and oxygen atoms in total. The van der Waals surface area contributed by atoms with Gasteiger partial charge in [0, 0.05) is 10.2 Å². The summed E-state index contributed by atoms with van der Waals surface area (Å²) in [5.74, 6) is -0.798. The fourth-order valence-corrected chi connectivity index (χ4v) is 2.59. The predicted molar refractivity (Wildman–Crippen MR) is 87.2 cm³/mol. The molecule has 0 aliphatic rings. The summed E-state index contributed by atoms with van der Waals surface area (Å²) in [4.78, 5) is 11.6. The number of hydrogen-bond donors (Lipinski definition) is 2. The van der Waals surface area contributed by atoms with Gasteiger partial charge in [-0.2, -0.15) is 0 Å². The highest BCUT2D eigenvalue weighted by atomic mass is 79.9. The smallest absolute Gasteiger partial charge is 0.329 e. The average molecular weight is 342 g/mol. The van der Waals surface area contributed by atoms with Gasteiger partial charge in [0.1, 0.15) is 5.54 Å². The fourth-order valence-electron chi connectivity index (χ4n) is 2.19. The minimum absolute atomic E-state index is 0.637. The van der Waals surface area contributed by atoms with Crippen molar-refractivity contribution >= 4 is 27.6 Å². The van der Waals surface area contributed by atoms with Crippen molar-refractivity contribution in [2.45, 2.75) is 57.9 Å². The number of unbranched alkanes of at least 4 members (excludes halogenated alkanes) is 4. The number of nitrogens with one attached hydrogen (secondary N) is 1. The molecule has 1 unspecified atom stereocenters. The van der Waals surface area contributed by atoms with Crippen LogP contribution in [0.5, 0.6) is 0 Å². The lowest BCUT2D eigenvalue weighted by molar-refractivity contribution is -0.142. The zero-order valence-corrected chi connectivity index (χ0v) is 13.9. The first-order valence-electron chi connectivity index (χ1n) is 7.25. The van der Waals surface area contributed by atoms with Gasteiger partial charge < -0.3 is 10.4 Å². The first-order chi connectivity index (χ1) is 9.48. The van der Waals surface area contributed by atoms with Crippen LogP contribution < -0.4 is 5.32 Å². The molecule has 0 bridgehead atoms. The number of halogens is 1. The zero-order chi connectivity index (χ0) is 15.0. The molecule has 0 fully saturated rings. The molecule has 1 aromatic rings. The molecular formula is C16H24BrNO2. The van der Waals surface area contributed by atoms with E-state index in [1.165, 1.54) is 19.3 Å². The third kappa shape index (κ3) is 5.53. The Morgan fingerprint density at radius 2 is 2.00 bits per heavy atom. The second kappa shape index (κ2) is 8.30. The molecule has 0 saturated heterocycles. The Balaban J connectivity index is 2.60. The molecule has 4 heteroatoms. The van der Waals surface area contributed by atoms with E-state index in [1.54, 1.807) is 6.92 Å². The second-order valence-electron chi connectivity index (χ2n) is 5.44. The summed E-state index contributed by atoms with van der Waals surface area (Å²) in [6.45, 7) is 3.94. The van der Waals surface area contributed by atoms with Crippen LogP contribution in [-0.2, 0) is 4.79 Å². The molecule has 1 rings (SSSR count). The first kappa shape index (κ1) is 17.0. The van der Waals surface area contributed by atoms with Crippen molar-refractivity contribution in [3.8, 4) is 0 Å². The van der Waals surface area contributed by atoms with Crippen LogP contribution in [0.4, 0.5) is 5.69 Å². The topological polar surface area (TPSA) is 49.3 Å². The summed E-state index contributed by atoms with van der Waals surface area (Å²) in [6.07, 6.45) is 6.28. The third-order valence-electron chi connectivity index (χ3n) is 3.50. The Hall–Kier alpha value is -1.03. The van der Waals surface area contributed by atoms with Gasteiger partial charge in [-0.3, -0.25) is 0 Å². The van der Waals surface area contributed by atoms with Crippen molar-refractivity contribution in [1.82, 2.24) is 0 Å². The van der Waals surface area contributed by atoms with Crippen LogP contribution in [0.3, 0.4) is 0 Å². The van der Waals surface area contributed by atoms with Crippen LogP contribution in [0.25, 0.3) is 0 Å². The molecule has 0 heterocycles. The summed E-state index contributed by atoms with van der Waals surface area (Å²) >= 11 is 3.40. The van der Waals surface area contributed by atoms with E-state index in [1.807, 2.05) is 24.3 Å². The molecule has 20 heavy (non-hydrogen) atoms. The third-order valence-corrected chi connectivity index (χ3v) is 3.99. The van der Waals surface area contributed by atoms with Gasteiger partial charge in [-0.05, 0) is 31.5 Å². The van der Waals surface area contributed by atoms with E-state index in [-0.39, 0.29) is 0 Å². The Labute approximate surface area is 129 Å². The highest BCUT2D eigenvalue weighted by Gasteiger charge is 2.32. The van der Waals surface area contributed by atoms with Crippen LogP contribution in [0.15, 0.2) is 28.7 Å². The SMILES string of the molecule is CCCCCCCC(C)(Nc1cccc(Br)c1)C(=O)O. The zero-order valence-electron chi connectivity index (χ0n) is 12.3. The Bertz CT molecular complexity index is 436. The fraction of sp³-hybridized carbons (Fsp3) is 0.562. The molecule has 2 N–H and O–H groups in total. The minimum Gasteiger partial charge on any atom is -0.480 e. The van der Waals surface area contributed by atoms with E-state index in [4.69, 9.17) is 0 Å². The van der Waals surface area contributed by atoms with Gasteiger partial charge in [-0.25, -0.2) is 4.79 Å². The number of carbonyl (C=O) groups is 1. The van der Waals surface area contributed by atoms with E-state index in [9.17, 15) is 9.90 Å². The number of rotatable bonds is 9. The molecule has 112 valence electrons. The largest absolute Gasteiger partial charge is 0.480 e. The standard InChI is InChI=1S/C16H24BrNO2/c1-3-4-5-6-7-11-16(2,15(19)20)18-14-10-8-9-13(17)12-14/h8-10,12,18H,3-7,11H2,1-2H3,(H,19,20). The maximum absolute atomic E-state index is 11.6. The normalized spacial score (nSPS) is 13.8. The van der Waals surface area contributed by atoms with E-state index >= 15 is 0 Å². The maximum atomic E-state index is 11.6. The number of carboxylic acid groups (broad SMARTS) is 1. The highest BCUT2D eigenvalue weighted by molar-refractivity contribution is 9.10. The maximum Gasteiger partial charge on any atom is 0.329 e. The predicted octanol–water partition coefficient (Wildman–Crippen LogP) is 5.06. The molecule has 1 atom stereocenters. The summed E-state index contributed by atoms with van der Waals surface area (Å²) in [5, 5.41) is 12.6. The van der Waals surface area contributed by atoms with Crippen LogP contribution in [-0.4, -0.2) is 16.6 Å². The Morgan fingerprint density at radius 3 is 2.60 bits per heavy atom. The lowest BCUT2D eigenvalue weighted by atomic mass is 9.93. The number of hydrogen-bond acceptors (Lipinski definition) is 2. The van der Waals surface area contributed by atoms with Gasteiger partial charge >= 0.3 is 5.97 Å². The van der Waals surface area contributed by atoms with Gasteiger partial charge in [0.15, 0.2) is 0 Å². The molecule has 0 spiro atoms. The Morgan fingerprint density at radius 1 is 1.30 bits per heavy atom. The van der Waals surface area contributed by atoms with Gasteiger partial charge in [-0.15, -0.1) is 0 Å². The lowest BCUT2D eigenvalue weighted by Gasteiger charge is -2.27. The summed E-state index contributed by atoms with van der Waals surface area (Å²) in [7, 11) is 0. The molecule has 0 aromatic heterocycles. The number of aliphatic carboxylic acids is 1. The van der Waals surface area contributed by atoms with Crippen LogP contribution in [0, 0.1) is 0 Å². The second-order valence-corrected chi connectivity index (χ2v) is 6.35. The van der Waals surface area contributed by atoms with Crippen LogP contribution in [0.1, 0.15) is 52.4 Å². The summed E-state index contributed by atoms with van der Waals surface area (Å²) in [5.41, 5.74) is -0.0784. The van der Waals surface area contributed by atoms with Gasteiger partial charge in [0.25, 0.3) is 0 Å². The van der Waals surface area contributed by atoms with Crippen LogP contribution in [0.2, 0.25) is 0 Å². The van der Waals surface area contributed by atoms with Crippen molar-refractivity contribution in [3.63, 3.8) is 0 Å². The molecule has 0 amide bonds. The summed E-state index contributed by atoms with van der Waals surface area (Å²) in [6, 6.07) is 7.62.